The number of hydrogen-bond acceptors (Lipinski definition) is 3. The number of carboxylic acid groups (broad SMARTS) is 1. The van der Waals surface area contributed by atoms with Crippen molar-refractivity contribution in [1.82, 2.24) is 5.32 Å². The summed E-state index contributed by atoms with van der Waals surface area (Å²) in [4.78, 5) is 10.7. The smallest absolute Gasteiger partial charge is 0.310 e. The van der Waals surface area contributed by atoms with Crippen LogP contribution in [-0.2, 0) is 4.79 Å². The second-order valence-electron chi connectivity index (χ2n) is 4.11. The van der Waals surface area contributed by atoms with Crippen molar-refractivity contribution in [3.05, 3.63) is 0 Å². The zero-order valence-electron chi connectivity index (χ0n) is 8.50. The van der Waals surface area contributed by atoms with Gasteiger partial charge in [0.2, 0.25) is 0 Å². The van der Waals surface area contributed by atoms with Crippen molar-refractivity contribution in [2.75, 3.05) is 19.7 Å². The zero-order chi connectivity index (χ0) is 10.5. The summed E-state index contributed by atoms with van der Waals surface area (Å²) in [7, 11) is 0. The lowest BCUT2D eigenvalue weighted by atomic mass is 9.94. The molecule has 0 bridgehead atoms. The molecule has 0 aliphatic carbocycles. The van der Waals surface area contributed by atoms with Crippen molar-refractivity contribution >= 4 is 5.97 Å². The first-order valence-corrected chi connectivity index (χ1v) is 4.45. The van der Waals surface area contributed by atoms with Gasteiger partial charge in [-0.15, -0.1) is 0 Å². The summed E-state index contributed by atoms with van der Waals surface area (Å²) in [5.41, 5.74) is -0.741. The number of carbonyl (C=O) groups is 1. The van der Waals surface area contributed by atoms with Gasteiger partial charge in [-0.3, -0.25) is 4.79 Å². The van der Waals surface area contributed by atoms with E-state index >= 15 is 0 Å². The summed E-state index contributed by atoms with van der Waals surface area (Å²) in [5, 5.41) is 20.5. The van der Waals surface area contributed by atoms with Gasteiger partial charge in [-0.25, -0.2) is 0 Å². The first kappa shape index (κ1) is 12.4. The van der Waals surface area contributed by atoms with Crippen LogP contribution in [-0.4, -0.2) is 35.9 Å². The van der Waals surface area contributed by atoms with E-state index in [0.29, 0.717) is 13.1 Å². The molecule has 0 heterocycles. The molecule has 0 saturated carbocycles. The molecule has 0 rings (SSSR count). The summed E-state index contributed by atoms with van der Waals surface area (Å²) in [5.74, 6) is -0.638. The second kappa shape index (κ2) is 5.19. The predicted molar refractivity (Wildman–Crippen MR) is 50.5 cm³/mol. The lowest BCUT2D eigenvalue weighted by Gasteiger charge is -2.20. The molecule has 0 aromatic carbocycles. The van der Waals surface area contributed by atoms with Crippen LogP contribution in [0.2, 0.25) is 0 Å². The van der Waals surface area contributed by atoms with Crippen LogP contribution in [0.5, 0.6) is 0 Å². The Bertz CT molecular complexity index is 168. The summed E-state index contributed by atoms with van der Waals surface area (Å²) in [6.45, 7) is 6.44. The van der Waals surface area contributed by atoms with Crippen LogP contribution in [0, 0.1) is 11.3 Å². The van der Waals surface area contributed by atoms with E-state index in [4.69, 9.17) is 10.2 Å². The second-order valence-corrected chi connectivity index (χ2v) is 4.11. The number of aliphatic hydroxyl groups excluding tert-OH is 1. The molecule has 0 fully saturated rings. The van der Waals surface area contributed by atoms with Gasteiger partial charge in [0.05, 0.1) is 5.41 Å². The molecular formula is C9H19NO3. The first-order valence-electron chi connectivity index (χ1n) is 4.45. The van der Waals surface area contributed by atoms with Gasteiger partial charge in [-0.2, -0.15) is 0 Å². The third-order valence-corrected chi connectivity index (χ3v) is 1.95. The minimum absolute atomic E-state index is 0.125. The fourth-order valence-corrected chi connectivity index (χ4v) is 0.771. The summed E-state index contributed by atoms with van der Waals surface area (Å²) >= 11 is 0. The highest BCUT2D eigenvalue weighted by molar-refractivity contribution is 5.73. The van der Waals surface area contributed by atoms with Gasteiger partial charge in [0.25, 0.3) is 0 Å². The van der Waals surface area contributed by atoms with Crippen molar-refractivity contribution in [1.29, 1.82) is 0 Å². The molecule has 0 aromatic rings. The number of aliphatic hydroxyl groups is 1. The lowest BCUT2D eigenvalue weighted by Crippen LogP contribution is -2.38. The van der Waals surface area contributed by atoms with E-state index in [9.17, 15) is 4.79 Å². The normalized spacial score (nSPS) is 14.2. The molecule has 0 aliphatic heterocycles. The monoisotopic (exact) mass is 189 g/mol. The van der Waals surface area contributed by atoms with Crippen molar-refractivity contribution in [2.45, 2.75) is 20.8 Å². The Kier molecular flexibility index (Phi) is 4.95. The number of carboxylic acids is 1. The summed E-state index contributed by atoms with van der Waals surface area (Å²) in [6.07, 6.45) is 0. The first-order chi connectivity index (χ1) is 5.90. The predicted octanol–water partition coefficient (Wildman–Crippen LogP) is 0.315. The minimum atomic E-state index is -0.809. The Balaban J connectivity index is 3.70. The number of rotatable bonds is 6. The van der Waals surface area contributed by atoms with Crippen LogP contribution >= 0.6 is 0 Å². The zero-order valence-corrected chi connectivity index (χ0v) is 8.50. The Hall–Kier alpha value is -0.610. The lowest BCUT2D eigenvalue weighted by molar-refractivity contribution is -0.146. The van der Waals surface area contributed by atoms with E-state index in [1.165, 1.54) is 0 Å². The Morgan fingerprint density at radius 2 is 2.08 bits per heavy atom. The van der Waals surface area contributed by atoms with Crippen LogP contribution in [0.1, 0.15) is 20.8 Å². The molecule has 3 N–H and O–H groups in total. The Morgan fingerprint density at radius 1 is 1.54 bits per heavy atom. The molecule has 0 spiro atoms. The van der Waals surface area contributed by atoms with E-state index in [1.54, 1.807) is 13.8 Å². The molecule has 0 amide bonds. The fourth-order valence-electron chi connectivity index (χ4n) is 0.771. The van der Waals surface area contributed by atoms with Crippen LogP contribution in [0.15, 0.2) is 0 Å². The topological polar surface area (TPSA) is 69.6 Å². The van der Waals surface area contributed by atoms with Gasteiger partial charge in [-0.1, -0.05) is 6.92 Å². The molecule has 1 atom stereocenters. The van der Waals surface area contributed by atoms with Crippen LogP contribution in [0.25, 0.3) is 0 Å². The van der Waals surface area contributed by atoms with Crippen LogP contribution in [0.4, 0.5) is 0 Å². The average Bonchev–Trinajstić information content (AvgIpc) is 2.03. The van der Waals surface area contributed by atoms with Gasteiger partial charge < -0.3 is 15.5 Å². The standard InChI is InChI=1S/C9H19NO3/c1-7(5-11)4-10-6-9(2,3)8(12)13/h7,10-11H,4-6H2,1-3H3,(H,12,13). The molecular weight excluding hydrogens is 170 g/mol. The van der Waals surface area contributed by atoms with E-state index in [0.717, 1.165) is 0 Å². The maximum absolute atomic E-state index is 10.7. The number of aliphatic carboxylic acids is 1. The molecule has 4 nitrogen and oxygen atoms in total. The van der Waals surface area contributed by atoms with Gasteiger partial charge >= 0.3 is 5.97 Å². The highest BCUT2D eigenvalue weighted by atomic mass is 16.4. The maximum Gasteiger partial charge on any atom is 0.310 e. The molecule has 0 radical (unpaired) electrons. The molecule has 0 aromatic heterocycles. The highest BCUT2D eigenvalue weighted by Crippen LogP contribution is 2.12. The van der Waals surface area contributed by atoms with Gasteiger partial charge in [0.1, 0.15) is 0 Å². The van der Waals surface area contributed by atoms with Crippen molar-refractivity contribution in [3.63, 3.8) is 0 Å². The minimum Gasteiger partial charge on any atom is -0.481 e. The number of hydrogen-bond donors (Lipinski definition) is 3. The fraction of sp³-hybridized carbons (Fsp3) is 0.889. The maximum atomic E-state index is 10.7. The molecule has 0 saturated heterocycles. The molecule has 1 unspecified atom stereocenters. The van der Waals surface area contributed by atoms with Gasteiger partial charge in [0, 0.05) is 13.2 Å². The third-order valence-electron chi connectivity index (χ3n) is 1.95. The quantitative estimate of drug-likeness (QED) is 0.562. The van der Waals surface area contributed by atoms with Crippen molar-refractivity contribution in [3.8, 4) is 0 Å². The van der Waals surface area contributed by atoms with Crippen molar-refractivity contribution in [2.24, 2.45) is 11.3 Å². The van der Waals surface area contributed by atoms with E-state index in [-0.39, 0.29) is 12.5 Å². The highest BCUT2D eigenvalue weighted by Gasteiger charge is 2.26. The van der Waals surface area contributed by atoms with Gasteiger partial charge in [-0.05, 0) is 26.3 Å². The largest absolute Gasteiger partial charge is 0.481 e. The average molecular weight is 189 g/mol. The SMILES string of the molecule is CC(CO)CNCC(C)(C)C(=O)O. The molecule has 4 heteroatoms. The van der Waals surface area contributed by atoms with E-state index in [1.807, 2.05) is 6.92 Å². The van der Waals surface area contributed by atoms with Crippen LogP contribution < -0.4 is 5.32 Å². The summed E-state index contributed by atoms with van der Waals surface area (Å²) < 4.78 is 0. The van der Waals surface area contributed by atoms with Crippen molar-refractivity contribution < 1.29 is 15.0 Å². The molecule has 13 heavy (non-hydrogen) atoms. The van der Waals surface area contributed by atoms with E-state index in [2.05, 4.69) is 5.32 Å². The number of nitrogens with one attached hydrogen (secondary N) is 1. The Labute approximate surface area is 79.0 Å². The van der Waals surface area contributed by atoms with E-state index < -0.39 is 11.4 Å². The van der Waals surface area contributed by atoms with Gasteiger partial charge in [0.15, 0.2) is 0 Å². The Morgan fingerprint density at radius 3 is 2.46 bits per heavy atom. The van der Waals surface area contributed by atoms with Crippen LogP contribution in [0.3, 0.4) is 0 Å². The summed E-state index contributed by atoms with van der Waals surface area (Å²) in [6, 6.07) is 0. The molecule has 78 valence electrons. The third kappa shape index (κ3) is 4.85. The molecule has 0 aliphatic rings.